The fourth-order valence-electron chi connectivity index (χ4n) is 3.36. The SMILES string of the molecule is Cc1ccc([S+]([O-])C[C@H]2C[C@@H](N(C)c3ncnc4[nH]ccc34)C2)cn1. The largest absolute Gasteiger partial charge is 0.611 e. The third-order valence-electron chi connectivity index (χ3n) is 4.96. The van der Waals surface area contributed by atoms with E-state index in [-0.39, 0.29) is 0 Å². The molecule has 1 atom stereocenters. The van der Waals surface area contributed by atoms with Crippen molar-refractivity contribution in [2.24, 2.45) is 5.92 Å². The summed E-state index contributed by atoms with van der Waals surface area (Å²) in [6.45, 7) is 1.94. The van der Waals surface area contributed by atoms with E-state index in [0.29, 0.717) is 17.7 Å². The molecule has 130 valence electrons. The van der Waals surface area contributed by atoms with Gasteiger partial charge in [0.1, 0.15) is 23.5 Å². The first-order valence-corrected chi connectivity index (χ1v) is 9.75. The maximum Gasteiger partial charge on any atom is 0.171 e. The first-order chi connectivity index (χ1) is 12.1. The summed E-state index contributed by atoms with van der Waals surface area (Å²) in [6.07, 6.45) is 7.30. The van der Waals surface area contributed by atoms with Crippen molar-refractivity contribution in [3.05, 3.63) is 42.6 Å². The van der Waals surface area contributed by atoms with Gasteiger partial charge in [0, 0.05) is 30.9 Å². The number of aryl methyl sites for hydroxylation is 1. The number of fused-ring (bicyclic) bond motifs is 1. The average molecular weight is 355 g/mol. The lowest BCUT2D eigenvalue weighted by Gasteiger charge is -2.41. The molecule has 1 aliphatic carbocycles. The number of nitrogens with one attached hydrogen (secondary N) is 1. The van der Waals surface area contributed by atoms with Crippen molar-refractivity contribution < 1.29 is 4.55 Å². The number of pyridine rings is 1. The van der Waals surface area contributed by atoms with E-state index in [2.05, 4.69) is 31.9 Å². The first-order valence-electron chi connectivity index (χ1n) is 8.44. The molecule has 0 bridgehead atoms. The molecule has 1 fully saturated rings. The molecular formula is C18H21N5OS. The number of nitrogens with zero attached hydrogens (tertiary/aromatic N) is 4. The fraction of sp³-hybridized carbons (Fsp3) is 0.389. The molecule has 0 aromatic carbocycles. The van der Waals surface area contributed by atoms with Crippen LogP contribution in [0.2, 0.25) is 0 Å². The number of hydrogen-bond donors (Lipinski definition) is 1. The zero-order valence-electron chi connectivity index (χ0n) is 14.3. The van der Waals surface area contributed by atoms with E-state index in [1.165, 1.54) is 0 Å². The molecule has 0 amide bonds. The Morgan fingerprint density at radius 3 is 2.84 bits per heavy atom. The Morgan fingerprint density at radius 2 is 2.08 bits per heavy atom. The highest BCUT2D eigenvalue weighted by Gasteiger charge is 2.36. The zero-order chi connectivity index (χ0) is 17.4. The average Bonchev–Trinajstić information content (AvgIpc) is 3.06. The molecule has 3 aromatic heterocycles. The van der Waals surface area contributed by atoms with Crippen molar-refractivity contribution in [3.8, 4) is 0 Å². The van der Waals surface area contributed by atoms with E-state index in [1.54, 1.807) is 12.5 Å². The minimum absolute atomic E-state index is 0.436. The minimum Gasteiger partial charge on any atom is -0.611 e. The van der Waals surface area contributed by atoms with Gasteiger partial charge >= 0.3 is 0 Å². The van der Waals surface area contributed by atoms with E-state index in [4.69, 9.17) is 0 Å². The first kappa shape index (κ1) is 16.4. The highest BCUT2D eigenvalue weighted by atomic mass is 32.2. The molecule has 1 aliphatic rings. The van der Waals surface area contributed by atoms with Gasteiger partial charge in [-0.05, 0) is 49.1 Å². The molecule has 0 spiro atoms. The van der Waals surface area contributed by atoms with Gasteiger partial charge in [-0.1, -0.05) is 0 Å². The van der Waals surface area contributed by atoms with Crippen LogP contribution in [0.1, 0.15) is 18.5 Å². The second-order valence-corrected chi connectivity index (χ2v) is 8.18. The molecular weight excluding hydrogens is 334 g/mol. The number of hydrogen-bond acceptors (Lipinski definition) is 5. The summed E-state index contributed by atoms with van der Waals surface area (Å²) in [5.41, 5.74) is 1.81. The van der Waals surface area contributed by atoms with Crippen LogP contribution in [0.4, 0.5) is 5.82 Å². The molecule has 1 saturated carbocycles. The maximum absolute atomic E-state index is 12.5. The Bertz CT molecular complexity index is 859. The predicted octanol–water partition coefficient (Wildman–Crippen LogP) is 2.68. The summed E-state index contributed by atoms with van der Waals surface area (Å²) in [5, 5.41) is 1.04. The van der Waals surface area contributed by atoms with E-state index in [0.717, 1.165) is 40.3 Å². The fourth-order valence-corrected chi connectivity index (χ4v) is 4.65. The van der Waals surface area contributed by atoms with Gasteiger partial charge in [-0.2, -0.15) is 0 Å². The monoisotopic (exact) mass is 355 g/mol. The molecule has 1 unspecified atom stereocenters. The number of H-pyrrole nitrogens is 1. The zero-order valence-corrected chi connectivity index (χ0v) is 15.2. The van der Waals surface area contributed by atoms with Crippen LogP contribution < -0.4 is 4.90 Å². The Kier molecular flexibility index (Phi) is 4.35. The Balaban J connectivity index is 1.37. The van der Waals surface area contributed by atoms with Gasteiger partial charge < -0.3 is 14.4 Å². The van der Waals surface area contributed by atoms with Crippen LogP contribution in [0, 0.1) is 12.8 Å². The van der Waals surface area contributed by atoms with E-state index in [9.17, 15) is 4.55 Å². The third kappa shape index (κ3) is 3.21. The minimum atomic E-state index is -0.971. The standard InChI is InChI=1S/C18H21N5OS/c1-12-3-4-15(9-20-12)25(24)10-13-7-14(8-13)23(2)18-16-5-6-19-17(16)21-11-22-18/h3-6,9,11,13-14H,7-8,10H2,1-2H3,(H,19,21,22)/t13-,14+,25?. The van der Waals surface area contributed by atoms with Crippen molar-refractivity contribution in [2.45, 2.75) is 30.7 Å². The van der Waals surface area contributed by atoms with E-state index < -0.39 is 11.2 Å². The second kappa shape index (κ2) is 6.65. The van der Waals surface area contributed by atoms with Crippen molar-refractivity contribution in [3.63, 3.8) is 0 Å². The number of rotatable bonds is 5. The topological polar surface area (TPSA) is 80.8 Å². The van der Waals surface area contributed by atoms with Crippen molar-refractivity contribution in [1.29, 1.82) is 0 Å². The smallest absolute Gasteiger partial charge is 0.171 e. The normalized spacial score (nSPS) is 21.1. The van der Waals surface area contributed by atoms with Crippen LogP contribution in [-0.4, -0.2) is 43.3 Å². The van der Waals surface area contributed by atoms with Crippen molar-refractivity contribution in [1.82, 2.24) is 19.9 Å². The molecule has 4 rings (SSSR count). The molecule has 0 radical (unpaired) electrons. The summed E-state index contributed by atoms with van der Waals surface area (Å²) in [6, 6.07) is 6.29. The number of anilines is 1. The van der Waals surface area contributed by atoms with E-state index in [1.807, 2.05) is 31.3 Å². The maximum atomic E-state index is 12.5. The molecule has 0 saturated heterocycles. The van der Waals surface area contributed by atoms with Gasteiger partial charge in [0.2, 0.25) is 0 Å². The molecule has 25 heavy (non-hydrogen) atoms. The van der Waals surface area contributed by atoms with E-state index >= 15 is 0 Å². The lowest BCUT2D eigenvalue weighted by atomic mass is 9.81. The van der Waals surface area contributed by atoms with Gasteiger partial charge in [0.25, 0.3) is 0 Å². The van der Waals surface area contributed by atoms with Gasteiger partial charge in [-0.25, -0.2) is 9.97 Å². The Labute approximate surface area is 149 Å². The van der Waals surface area contributed by atoms with Gasteiger partial charge in [0.15, 0.2) is 4.90 Å². The van der Waals surface area contributed by atoms with Crippen LogP contribution in [0.5, 0.6) is 0 Å². The molecule has 3 heterocycles. The van der Waals surface area contributed by atoms with Gasteiger partial charge in [-0.15, -0.1) is 0 Å². The summed E-state index contributed by atoms with van der Waals surface area (Å²) >= 11 is -0.971. The quantitative estimate of drug-likeness (QED) is 0.712. The van der Waals surface area contributed by atoms with Crippen molar-refractivity contribution >= 4 is 28.0 Å². The molecule has 1 N–H and O–H groups in total. The highest BCUT2D eigenvalue weighted by molar-refractivity contribution is 7.91. The molecule has 3 aromatic rings. The Hall–Kier alpha value is -2.12. The van der Waals surface area contributed by atoms with Crippen LogP contribution in [0.15, 0.2) is 41.8 Å². The van der Waals surface area contributed by atoms with Crippen LogP contribution in [0.25, 0.3) is 11.0 Å². The Morgan fingerprint density at radius 1 is 1.24 bits per heavy atom. The highest BCUT2D eigenvalue weighted by Crippen LogP contribution is 2.36. The second-order valence-electron chi connectivity index (χ2n) is 6.69. The van der Waals surface area contributed by atoms with Crippen LogP contribution in [-0.2, 0) is 11.2 Å². The van der Waals surface area contributed by atoms with Crippen LogP contribution in [0.3, 0.4) is 0 Å². The molecule has 0 aliphatic heterocycles. The molecule has 6 nitrogen and oxygen atoms in total. The van der Waals surface area contributed by atoms with Gasteiger partial charge in [0.05, 0.1) is 11.6 Å². The lowest BCUT2D eigenvalue weighted by molar-refractivity contribution is 0.282. The summed E-state index contributed by atoms with van der Waals surface area (Å²) in [4.78, 5) is 19.1. The lowest BCUT2D eigenvalue weighted by Crippen LogP contribution is -2.45. The van der Waals surface area contributed by atoms with Gasteiger partial charge in [-0.3, -0.25) is 4.98 Å². The number of aromatic nitrogens is 4. The summed E-state index contributed by atoms with van der Waals surface area (Å²) < 4.78 is 12.5. The summed E-state index contributed by atoms with van der Waals surface area (Å²) in [5.74, 6) is 2.15. The van der Waals surface area contributed by atoms with Crippen molar-refractivity contribution in [2.75, 3.05) is 17.7 Å². The summed E-state index contributed by atoms with van der Waals surface area (Å²) in [7, 11) is 2.08. The van der Waals surface area contributed by atoms with Crippen LogP contribution >= 0.6 is 0 Å². The number of aromatic amines is 1. The predicted molar refractivity (Wildman–Crippen MR) is 99.1 cm³/mol. The molecule has 7 heteroatoms. The third-order valence-corrected chi connectivity index (χ3v) is 6.50.